The lowest BCUT2D eigenvalue weighted by atomic mass is 10.1. The van der Waals surface area contributed by atoms with E-state index in [-0.39, 0.29) is 23.6 Å². The van der Waals surface area contributed by atoms with Gasteiger partial charge in [-0.1, -0.05) is 30.8 Å². The van der Waals surface area contributed by atoms with Gasteiger partial charge in [-0.2, -0.15) is 0 Å². The van der Waals surface area contributed by atoms with Crippen molar-refractivity contribution >= 4 is 32.5 Å². The summed E-state index contributed by atoms with van der Waals surface area (Å²) in [6, 6.07) is 7.42. The Bertz CT molecular complexity index is 673. The predicted octanol–water partition coefficient (Wildman–Crippen LogP) is 1.79. The van der Waals surface area contributed by atoms with Gasteiger partial charge in [-0.25, -0.2) is 8.42 Å². The van der Waals surface area contributed by atoms with Crippen LogP contribution in [0.4, 0.5) is 5.69 Å². The molecular weight excluding hydrogens is 308 g/mol. The Morgan fingerprint density at radius 3 is 2.86 bits per heavy atom. The van der Waals surface area contributed by atoms with Gasteiger partial charge in [-0.05, 0) is 17.9 Å². The molecule has 1 saturated heterocycles. The highest BCUT2D eigenvalue weighted by molar-refractivity contribution is 8.14. The molecule has 2 aliphatic rings. The average Bonchev–Trinajstić information content (AvgIpc) is 2.90. The zero-order valence-corrected chi connectivity index (χ0v) is 13.7. The summed E-state index contributed by atoms with van der Waals surface area (Å²) in [5, 5.41) is 0.895. The molecule has 2 unspecified atom stereocenters. The molecular formula is C14H18N2O3S2. The van der Waals surface area contributed by atoms with Gasteiger partial charge < -0.3 is 9.64 Å². The fourth-order valence-electron chi connectivity index (χ4n) is 2.87. The van der Waals surface area contributed by atoms with Crippen molar-refractivity contribution in [3.63, 3.8) is 0 Å². The lowest BCUT2D eigenvalue weighted by molar-refractivity contribution is 0.415. The van der Waals surface area contributed by atoms with Gasteiger partial charge in [0.2, 0.25) is 0 Å². The van der Waals surface area contributed by atoms with Crippen molar-refractivity contribution in [1.29, 1.82) is 0 Å². The number of fused-ring (bicyclic) bond motifs is 1. The van der Waals surface area contributed by atoms with Crippen molar-refractivity contribution in [1.82, 2.24) is 0 Å². The third-order valence-corrected chi connectivity index (χ3v) is 6.27. The lowest BCUT2D eigenvalue weighted by Crippen LogP contribution is -2.39. The van der Waals surface area contributed by atoms with Crippen molar-refractivity contribution in [2.24, 2.45) is 4.99 Å². The van der Waals surface area contributed by atoms with E-state index in [1.54, 1.807) is 18.9 Å². The molecule has 0 spiro atoms. The second kappa shape index (κ2) is 5.53. The molecule has 21 heavy (non-hydrogen) atoms. The number of methoxy groups -OCH3 is 1. The Hall–Kier alpha value is -1.21. The number of nitrogens with zero attached hydrogens (tertiary/aromatic N) is 2. The number of sulfone groups is 1. The van der Waals surface area contributed by atoms with Crippen LogP contribution in [0.3, 0.4) is 0 Å². The van der Waals surface area contributed by atoms with Gasteiger partial charge >= 0.3 is 0 Å². The molecule has 2 heterocycles. The zero-order valence-electron chi connectivity index (χ0n) is 12.0. The van der Waals surface area contributed by atoms with E-state index in [1.807, 2.05) is 29.2 Å². The normalized spacial score (nSPS) is 26.6. The van der Waals surface area contributed by atoms with Gasteiger partial charge in [0.15, 0.2) is 15.0 Å². The van der Waals surface area contributed by atoms with E-state index in [9.17, 15) is 8.42 Å². The Kier molecular flexibility index (Phi) is 3.88. The number of amidine groups is 1. The molecule has 3 rings (SSSR count). The highest BCUT2D eigenvalue weighted by Crippen LogP contribution is 2.39. The van der Waals surface area contributed by atoms with E-state index in [1.165, 1.54) is 0 Å². The van der Waals surface area contributed by atoms with E-state index in [4.69, 9.17) is 4.74 Å². The van der Waals surface area contributed by atoms with E-state index < -0.39 is 9.84 Å². The van der Waals surface area contributed by atoms with Gasteiger partial charge in [-0.15, -0.1) is 0 Å². The van der Waals surface area contributed by atoms with Crippen molar-refractivity contribution in [3.05, 3.63) is 24.3 Å². The number of para-hydroxylation sites is 2. The first-order valence-electron chi connectivity index (χ1n) is 6.89. The predicted molar refractivity (Wildman–Crippen MR) is 87.3 cm³/mol. The van der Waals surface area contributed by atoms with E-state index in [2.05, 4.69) is 11.9 Å². The maximum atomic E-state index is 11.9. The van der Waals surface area contributed by atoms with Gasteiger partial charge in [0.25, 0.3) is 0 Å². The first-order chi connectivity index (χ1) is 10.1. The van der Waals surface area contributed by atoms with Crippen molar-refractivity contribution < 1.29 is 13.2 Å². The van der Waals surface area contributed by atoms with Crippen LogP contribution in [0.25, 0.3) is 0 Å². The van der Waals surface area contributed by atoms with Gasteiger partial charge in [-0.3, -0.25) is 4.99 Å². The molecule has 2 atom stereocenters. The summed E-state index contributed by atoms with van der Waals surface area (Å²) in [7, 11) is -1.38. The monoisotopic (exact) mass is 326 g/mol. The summed E-state index contributed by atoms with van der Waals surface area (Å²) in [5.41, 5.74) is 0.893. The summed E-state index contributed by atoms with van der Waals surface area (Å²) in [4.78, 5) is 6.68. The number of rotatable bonds is 3. The Morgan fingerprint density at radius 2 is 2.14 bits per heavy atom. The fourth-order valence-corrected chi connectivity index (χ4v) is 5.56. The second-order valence-electron chi connectivity index (χ2n) is 5.10. The largest absolute Gasteiger partial charge is 0.495 e. The molecule has 0 saturated carbocycles. The minimum atomic E-state index is -3.00. The standard InChI is InChI=1S/C14H18N2O3S2/c1-3-20-14-15-10-8-21(17,18)9-12(10)16(14)11-6-4-5-7-13(11)19-2/h4-7,10,12H,3,8-9H2,1-2H3. The van der Waals surface area contributed by atoms with E-state index >= 15 is 0 Å². The van der Waals surface area contributed by atoms with Gasteiger partial charge in [0.05, 0.1) is 36.4 Å². The quantitative estimate of drug-likeness (QED) is 0.847. The number of thioether (sulfide) groups is 1. The third-order valence-electron chi connectivity index (χ3n) is 3.73. The van der Waals surface area contributed by atoms with Crippen molar-refractivity contribution in [2.75, 3.05) is 29.3 Å². The number of hydrogen-bond donors (Lipinski definition) is 0. The molecule has 0 aliphatic carbocycles. The van der Waals surface area contributed by atoms with E-state index in [0.717, 1.165) is 22.4 Å². The SMILES string of the molecule is CCSC1=NC2CS(=O)(=O)CC2N1c1ccccc1OC. The highest BCUT2D eigenvalue weighted by Gasteiger charge is 2.47. The summed E-state index contributed by atoms with van der Waals surface area (Å²) < 4.78 is 29.2. The van der Waals surface area contributed by atoms with Crippen LogP contribution < -0.4 is 9.64 Å². The number of aliphatic imine (C=N–C) groups is 1. The summed E-state index contributed by atoms with van der Waals surface area (Å²) in [6.45, 7) is 2.07. The van der Waals surface area contributed by atoms with E-state index in [0.29, 0.717) is 0 Å². The molecule has 0 aromatic heterocycles. The van der Waals surface area contributed by atoms with Crippen LogP contribution in [0, 0.1) is 0 Å². The minimum absolute atomic E-state index is 0.111. The van der Waals surface area contributed by atoms with Crippen LogP contribution in [0.1, 0.15) is 6.92 Å². The van der Waals surface area contributed by atoms with Crippen LogP contribution in [0.15, 0.2) is 29.3 Å². The molecule has 2 aliphatic heterocycles. The first-order valence-corrected chi connectivity index (χ1v) is 9.69. The molecule has 5 nitrogen and oxygen atoms in total. The number of benzene rings is 1. The maximum absolute atomic E-state index is 11.9. The summed E-state index contributed by atoms with van der Waals surface area (Å²) in [6.07, 6.45) is 0. The number of hydrogen-bond acceptors (Lipinski definition) is 6. The van der Waals surface area contributed by atoms with Crippen LogP contribution in [-0.2, 0) is 9.84 Å². The Balaban J connectivity index is 2.03. The molecule has 1 fully saturated rings. The third kappa shape index (κ3) is 2.64. The molecule has 1 aromatic rings. The number of anilines is 1. The molecule has 0 bridgehead atoms. The number of ether oxygens (including phenoxy) is 1. The maximum Gasteiger partial charge on any atom is 0.164 e. The Morgan fingerprint density at radius 1 is 1.38 bits per heavy atom. The topological polar surface area (TPSA) is 59.0 Å². The highest BCUT2D eigenvalue weighted by atomic mass is 32.2. The van der Waals surface area contributed by atoms with Crippen LogP contribution in [-0.4, -0.2) is 50.0 Å². The molecule has 0 radical (unpaired) electrons. The molecule has 0 amide bonds. The van der Waals surface area contributed by atoms with Crippen molar-refractivity contribution in [3.8, 4) is 5.75 Å². The lowest BCUT2D eigenvalue weighted by Gasteiger charge is -2.27. The average molecular weight is 326 g/mol. The smallest absolute Gasteiger partial charge is 0.164 e. The van der Waals surface area contributed by atoms with Crippen LogP contribution >= 0.6 is 11.8 Å². The second-order valence-corrected chi connectivity index (χ2v) is 8.48. The molecule has 114 valence electrons. The van der Waals surface area contributed by atoms with Crippen LogP contribution in [0.2, 0.25) is 0 Å². The first kappa shape index (κ1) is 14.7. The Labute approximate surface area is 129 Å². The zero-order chi connectivity index (χ0) is 15.0. The van der Waals surface area contributed by atoms with Gasteiger partial charge in [0, 0.05) is 0 Å². The molecule has 0 N–H and O–H groups in total. The van der Waals surface area contributed by atoms with Gasteiger partial charge in [0.1, 0.15) is 5.75 Å². The molecule has 1 aromatic carbocycles. The summed E-state index contributed by atoms with van der Waals surface area (Å²) >= 11 is 1.64. The van der Waals surface area contributed by atoms with Crippen LogP contribution in [0.5, 0.6) is 5.75 Å². The minimum Gasteiger partial charge on any atom is -0.495 e. The van der Waals surface area contributed by atoms with Crippen molar-refractivity contribution in [2.45, 2.75) is 19.0 Å². The molecule has 7 heteroatoms. The summed E-state index contributed by atoms with van der Waals surface area (Å²) in [5.74, 6) is 1.95. The fraction of sp³-hybridized carbons (Fsp3) is 0.500.